The van der Waals surface area contributed by atoms with Gasteiger partial charge in [-0.1, -0.05) is 62.4 Å². The Morgan fingerprint density at radius 3 is 2.42 bits per heavy atom. The number of nitrogens with zero attached hydrogens (tertiary/aromatic N) is 5. The fourth-order valence-corrected chi connectivity index (χ4v) is 13.5. The fourth-order valence-electron chi connectivity index (χ4n) is 12.5. The maximum Gasteiger partial charge on any atom is 0.293 e. The van der Waals surface area contributed by atoms with Crippen LogP contribution in [0.15, 0.2) is 108 Å². The number of nitrogens with one attached hydrogen (secondary N) is 3. The number of nitro groups is 1. The van der Waals surface area contributed by atoms with Crippen LogP contribution in [0.3, 0.4) is 0 Å². The standard InChI is InChI=1S/C59H69FN8O7S/c1-38(2)47-6-4-5-7-48(47)54-37-65(36-40-8-10-41(11-9-40)42-12-13-42)26-27-67(54)44-31-59(32-44)22-24-66(25-23-59)43-14-16-49(55(28-43)75-45-29-50-51(60)35-63-56(50)62-34-45)57(69)64-76(73,74)46-15-17-52(53(30-46)68(71)72)61-33-39-18-20-58(3,70)21-19-39/h4-11,14-17,28-30,34-35,38-39,42,44,54,61,70H,12-13,18-27,31-33,36-37H2,1-3H3,(H,62,63)(H,64,69). The highest BCUT2D eigenvalue weighted by atomic mass is 32.2. The van der Waals surface area contributed by atoms with Gasteiger partial charge in [0.25, 0.3) is 21.6 Å². The highest BCUT2D eigenvalue weighted by Gasteiger charge is 2.50. The van der Waals surface area contributed by atoms with Crippen LogP contribution in [0, 0.1) is 27.3 Å². The van der Waals surface area contributed by atoms with E-state index in [1.807, 2.05) is 0 Å². The van der Waals surface area contributed by atoms with Gasteiger partial charge in [0, 0.05) is 81.9 Å². The van der Waals surface area contributed by atoms with Crippen LogP contribution >= 0.6 is 0 Å². The Morgan fingerprint density at radius 1 is 0.947 bits per heavy atom. The molecule has 3 aliphatic carbocycles. The molecule has 1 unspecified atom stereocenters. The second-order valence-electron chi connectivity index (χ2n) is 23.0. The number of fused-ring (bicyclic) bond motifs is 1. The number of piperidine rings is 1. The molecule has 15 nitrogen and oxygen atoms in total. The van der Waals surface area contributed by atoms with Crippen LogP contribution in [0.5, 0.6) is 11.5 Å². The van der Waals surface area contributed by atoms with Crippen molar-refractivity contribution < 1.29 is 32.4 Å². The molecule has 4 N–H and O–H groups in total. The number of carbonyl (C=O) groups is 1. The Bertz CT molecular complexity index is 3230. The molecule has 0 bridgehead atoms. The van der Waals surface area contributed by atoms with E-state index in [0.29, 0.717) is 43.0 Å². The minimum absolute atomic E-state index is 0.0307. The van der Waals surface area contributed by atoms with Gasteiger partial charge in [0.2, 0.25) is 0 Å². The van der Waals surface area contributed by atoms with Crippen molar-refractivity contribution in [1.82, 2.24) is 24.5 Å². The number of amides is 1. The lowest BCUT2D eigenvalue weighted by molar-refractivity contribution is -0.384. The number of sulfonamides is 1. The number of halogens is 1. The first-order valence-electron chi connectivity index (χ1n) is 27.2. The highest BCUT2D eigenvalue weighted by molar-refractivity contribution is 7.90. The summed E-state index contributed by atoms with van der Waals surface area (Å²) in [5.74, 6) is -0.0347. The lowest BCUT2D eigenvalue weighted by Crippen LogP contribution is -2.60. The molecule has 11 rings (SSSR count). The van der Waals surface area contributed by atoms with Crippen molar-refractivity contribution in [1.29, 1.82) is 0 Å². The van der Waals surface area contributed by atoms with Crippen molar-refractivity contribution in [3.63, 3.8) is 0 Å². The number of rotatable bonds is 16. The Kier molecular flexibility index (Phi) is 14.2. The molecular weight excluding hydrogens is 984 g/mol. The summed E-state index contributed by atoms with van der Waals surface area (Å²) in [4.78, 5) is 40.0. The van der Waals surface area contributed by atoms with Crippen molar-refractivity contribution in [2.45, 2.75) is 126 Å². The second kappa shape index (κ2) is 20.9. The maximum absolute atomic E-state index is 14.7. The summed E-state index contributed by atoms with van der Waals surface area (Å²) < 4.78 is 50.9. The summed E-state index contributed by atoms with van der Waals surface area (Å²) >= 11 is 0. The molecule has 1 atom stereocenters. The number of nitro benzene ring substituents is 1. The minimum atomic E-state index is -4.64. The number of carbonyl (C=O) groups excluding carboxylic acids is 1. The summed E-state index contributed by atoms with van der Waals surface area (Å²) in [6.07, 6.45) is 12.2. The van der Waals surface area contributed by atoms with E-state index in [1.54, 1.807) is 19.1 Å². The average molecular weight is 1050 g/mol. The van der Waals surface area contributed by atoms with Gasteiger partial charge in [-0.2, -0.15) is 0 Å². The molecule has 400 valence electrons. The van der Waals surface area contributed by atoms with Crippen LogP contribution in [0.4, 0.5) is 21.5 Å². The number of hydrogen-bond donors (Lipinski definition) is 4. The number of H-pyrrole nitrogens is 1. The first kappa shape index (κ1) is 51.7. The van der Waals surface area contributed by atoms with E-state index in [9.17, 15) is 32.8 Å². The largest absolute Gasteiger partial charge is 0.455 e. The van der Waals surface area contributed by atoms with Crippen molar-refractivity contribution in [3.05, 3.63) is 147 Å². The van der Waals surface area contributed by atoms with Gasteiger partial charge in [-0.3, -0.25) is 24.7 Å². The Balaban J connectivity index is 0.781. The lowest BCUT2D eigenvalue weighted by atomic mass is 9.59. The van der Waals surface area contributed by atoms with Gasteiger partial charge in [0.05, 0.1) is 32.6 Å². The van der Waals surface area contributed by atoms with Crippen LogP contribution in [-0.4, -0.2) is 95.0 Å². The molecule has 4 aromatic carbocycles. The average Bonchev–Trinajstić information content (AvgIpc) is 4.20. The molecule has 76 heavy (non-hydrogen) atoms. The van der Waals surface area contributed by atoms with Gasteiger partial charge >= 0.3 is 0 Å². The molecule has 2 aromatic heterocycles. The van der Waals surface area contributed by atoms with Gasteiger partial charge in [0.15, 0.2) is 0 Å². The smallest absolute Gasteiger partial charge is 0.293 e. The number of piperazine rings is 1. The summed E-state index contributed by atoms with van der Waals surface area (Å²) in [6.45, 7) is 12.3. The number of benzene rings is 4. The number of ether oxygens (including phenoxy) is 1. The molecule has 4 heterocycles. The predicted octanol–water partition coefficient (Wildman–Crippen LogP) is 11.2. The molecule has 1 amide bonds. The molecule has 2 saturated heterocycles. The van der Waals surface area contributed by atoms with E-state index in [2.05, 4.69) is 97.1 Å². The topological polar surface area (TPSA) is 186 Å². The third-order valence-corrected chi connectivity index (χ3v) is 18.6. The van der Waals surface area contributed by atoms with Crippen molar-refractivity contribution in [3.8, 4) is 11.5 Å². The lowest BCUT2D eigenvalue weighted by Gasteiger charge is -2.58. The van der Waals surface area contributed by atoms with Gasteiger partial charge in [-0.05, 0) is 147 Å². The Labute approximate surface area is 444 Å². The Hall–Kier alpha value is -6.40. The fraction of sp³-hybridized carbons (Fsp3) is 0.458. The molecule has 2 aliphatic heterocycles. The zero-order valence-corrected chi connectivity index (χ0v) is 44.5. The summed E-state index contributed by atoms with van der Waals surface area (Å²) in [5, 5.41) is 25.9. The highest BCUT2D eigenvalue weighted by Crippen LogP contribution is 2.53. The first-order valence-corrected chi connectivity index (χ1v) is 28.6. The van der Waals surface area contributed by atoms with Gasteiger partial charge < -0.3 is 25.0 Å². The normalized spacial score (nSPS) is 22.4. The van der Waals surface area contributed by atoms with Gasteiger partial charge in [-0.15, -0.1) is 0 Å². The molecule has 17 heteroatoms. The Morgan fingerprint density at radius 2 is 1.70 bits per heavy atom. The van der Waals surface area contributed by atoms with Crippen LogP contribution in [-0.2, 0) is 16.6 Å². The van der Waals surface area contributed by atoms with E-state index in [4.69, 9.17) is 4.74 Å². The van der Waals surface area contributed by atoms with Gasteiger partial charge in [-0.25, -0.2) is 22.5 Å². The predicted molar refractivity (Wildman–Crippen MR) is 292 cm³/mol. The maximum atomic E-state index is 14.7. The van der Waals surface area contributed by atoms with E-state index in [0.717, 1.165) is 95.5 Å². The number of pyridine rings is 1. The van der Waals surface area contributed by atoms with E-state index < -0.39 is 42.9 Å². The van der Waals surface area contributed by atoms with Crippen LogP contribution in [0.25, 0.3) is 11.0 Å². The molecule has 5 aliphatic rings. The van der Waals surface area contributed by atoms with Gasteiger partial charge in [0.1, 0.15) is 28.7 Å². The van der Waals surface area contributed by atoms with Crippen molar-refractivity contribution in [2.75, 3.05) is 49.5 Å². The van der Waals surface area contributed by atoms with Crippen molar-refractivity contribution >= 4 is 44.0 Å². The zero-order chi connectivity index (χ0) is 52.9. The van der Waals surface area contributed by atoms with E-state index in [1.165, 1.54) is 71.8 Å². The summed E-state index contributed by atoms with van der Waals surface area (Å²) in [5.41, 5.74) is 5.87. The number of hydrogen-bond acceptors (Lipinski definition) is 12. The van der Waals surface area contributed by atoms with Crippen LogP contribution < -0.4 is 19.7 Å². The first-order chi connectivity index (χ1) is 36.5. The zero-order valence-electron chi connectivity index (χ0n) is 43.6. The van der Waals surface area contributed by atoms with Crippen LogP contribution in [0.1, 0.15) is 135 Å². The molecule has 0 radical (unpaired) electrons. The third-order valence-electron chi connectivity index (χ3n) is 17.3. The SMILES string of the molecule is CC(C)c1ccccc1C1CN(Cc2ccc(C3CC3)cc2)CCN1C1CC2(CCN(c3ccc(C(=O)NS(=O)(=O)c4ccc(NCC5CCC(C)(O)CC5)c([N+](=O)[O-])c4)c(Oc4cnc5[nH]cc(F)c5c4)c3)CC2)C1. The monoisotopic (exact) mass is 1050 g/mol. The summed E-state index contributed by atoms with van der Waals surface area (Å²) in [6, 6.07) is 29.1. The van der Waals surface area contributed by atoms with Crippen molar-refractivity contribution in [2.24, 2.45) is 11.3 Å². The second-order valence-corrected chi connectivity index (χ2v) is 24.7. The molecule has 5 fully saturated rings. The number of aromatic nitrogens is 2. The van der Waals surface area contributed by atoms with E-state index in [-0.39, 0.29) is 39.5 Å². The summed E-state index contributed by atoms with van der Waals surface area (Å²) in [7, 11) is -4.64. The quantitative estimate of drug-likeness (QED) is 0.0532. The molecular formula is C59H69FN8O7S. The molecule has 1 spiro atoms. The molecule has 3 saturated carbocycles. The number of aliphatic hydroxyl groups is 1. The number of anilines is 2. The molecule has 6 aromatic rings. The van der Waals surface area contributed by atoms with E-state index >= 15 is 0 Å². The third kappa shape index (κ3) is 11.1. The van der Waals surface area contributed by atoms with Crippen LogP contribution in [0.2, 0.25) is 0 Å². The number of aromatic amines is 1. The minimum Gasteiger partial charge on any atom is -0.455 e.